The first kappa shape index (κ1) is 20.7. The Morgan fingerprint density at radius 1 is 0.938 bits per heavy atom. The Morgan fingerprint density at radius 3 is 2.31 bits per heavy atom. The molecule has 5 heteroatoms. The van der Waals surface area contributed by atoms with Gasteiger partial charge in [0, 0.05) is 17.1 Å². The minimum atomic E-state index is 0.448. The maximum Gasteiger partial charge on any atom is 0.133 e. The van der Waals surface area contributed by atoms with Crippen LogP contribution < -0.4 is 11.1 Å². The van der Waals surface area contributed by atoms with Crippen LogP contribution >= 0.6 is 0 Å². The molecule has 0 saturated carbocycles. The van der Waals surface area contributed by atoms with E-state index in [2.05, 4.69) is 48.4 Å². The average Bonchev–Trinajstić information content (AvgIpc) is 2.78. The Kier molecular flexibility index (Phi) is 5.57. The number of nitrogens with two attached hydrogens (primary N) is 1. The molecule has 0 aliphatic heterocycles. The van der Waals surface area contributed by atoms with Gasteiger partial charge < -0.3 is 11.1 Å². The molecule has 3 N–H and O–H groups in total. The van der Waals surface area contributed by atoms with Crippen LogP contribution in [0, 0.1) is 36.5 Å². The Hall–Kier alpha value is -4.61. The van der Waals surface area contributed by atoms with E-state index >= 15 is 0 Å². The third kappa shape index (κ3) is 4.01. The third-order valence-corrected chi connectivity index (χ3v) is 5.37. The summed E-state index contributed by atoms with van der Waals surface area (Å²) < 4.78 is 0. The molecule has 0 aliphatic rings. The number of rotatable bonds is 4. The van der Waals surface area contributed by atoms with Gasteiger partial charge in [0.1, 0.15) is 11.6 Å². The van der Waals surface area contributed by atoms with Gasteiger partial charge in [0.2, 0.25) is 0 Å². The van der Waals surface area contributed by atoms with Crippen molar-refractivity contribution in [1.82, 2.24) is 4.98 Å². The number of nitrogens with zero attached hydrogens (tertiary/aromatic N) is 3. The highest BCUT2D eigenvalue weighted by molar-refractivity contribution is 6.04. The second-order valence-electron chi connectivity index (χ2n) is 7.60. The number of benzene rings is 3. The molecule has 0 amide bonds. The standard InChI is InChI=1S/C27H21N5/c1-17-13-20(5-4-12-28)14-18(2)26(17)22-6-3-7-23-24(22)15-25(32-27(23)30)31-21-10-8-19(16-29)9-11-21/h3-11,13-15H,1-2H3,(H3,30,31,32)/b5-4+. The van der Waals surface area contributed by atoms with Crippen LogP contribution in [0.25, 0.3) is 28.0 Å². The van der Waals surface area contributed by atoms with Crippen LogP contribution in [0.5, 0.6) is 0 Å². The smallest absolute Gasteiger partial charge is 0.133 e. The van der Waals surface area contributed by atoms with Gasteiger partial charge in [-0.05, 0) is 83.5 Å². The van der Waals surface area contributed by atoms with Crippen LogP contribution in [0.3, 0.4) is 0 Å². The van der Waals surface area contributed by atoms with Crippen LogP contribution in [-0.4, -0.2) is 4.98 Å². The van der Waals surface area contributed by atoms with Crippen molar-refractivity contribution in [2.24, 2.45) is 0 Å². The molecule has 1 heterocycles. The number of fused-ring (bicyclic) bond motifs is 1. The van der Waals surface area contributed by atoms with Crippen LogP contribution in [-0.2, 0) is 0 Å². The van der Waals surface area contributed by atoms with Gasteiger partial charge in [-0.25, -0.2) is 4.98 Å². The molecule has 5 nitrogen and oxygen atoms in total. The monoisotopic (exact) mass is 415 g/mol. The van der Waals surface area contributed by atoms with E-state index in [1.807, 2.05) is 42.5 Å². The molecular formula is C27H21N5. The fraction of sp³-hybridized carbons (Fsp3) is 0.0741. The molecule has 0 saturated heterocycles. The molecule has 154 valence electrons. The molecule has 0 radical (unpaired) electrons. The maximum absolute atomic E-state index is 9.00. The summed E-state index contributed by atoms with van der Waals surface area (Å²) in [4.78, 5) is 4.53. The average molecular weight is 416 g/mol. The van der Waals surface area contributed by atoms with Crippen molar-refractivity contribution in [2.75, 3.05) is 11.1 Å². The van der Waals surface area contributed by atoms with Crippen molar-refractivity contribution in [3.05, 3.63) is 89.0 Å². The molecule has 0 bridgehead atoms. The third-order valence-electron chi connectivity index (χ3n) is 5.37. The lowest BCUT2D eigenvalue weighted by Gasteiger charge is -2.16. The van der Waals surface area contributed by atoms with E-state index in [4.69, 9.17) is 16.3 Å². The number of hydrogen-bond acceptors (Lipinski definition) is 5. The zero-order valence-corrected chi connectivity index (χ0v) is 17.8. The van der Waals surface area contributed by atoms with E-state index in [0.29, 0.717) is 17.2 Å². The van der Waals surface area contributed by atoms with Crippen LogP contribution in [0.2, 0.25) is 0 Å². The van der Waals surface area contributed by atoms with Gasteiger partial charge in [-0.1, -0.05) is 30.3 Å². The van der Waals surface area contributed by atoms with Gasteiger partial charge in [-0.15, -0.1) is 0 Å². The lowest BCUT2D eigenvalue weighted by Crippen LogP contribution is -2.00. The zero-order valence-electron chi connectivity index (χ0n) is 17.8. The number of aromatic nitrogens is 1. The minimum absolute atomic E-state index is 0.448. The van der Waals surface area contributed by atoms with Gasteiger partial charge in [0.25, 0.3) is 0 Å². The molecule has 4 rings (SSSR count). The predicted molar refractivity (Wildman–Crippen MR) is 130 cm³/mol. The summed E-state index contributed by atoms with van der Waals surface area (Å²) >= 11 is 0. The second-order valence-corrected chi connectivity index (χ2v) is 7.60. The second kappa shape index (κ2) is 8.63. The summed E-state index contributed by atoms with van der Waals surface area (Å²) in [6.45, 7) is 4.15. The highest BCUT2D eigenvalue weighted by Crippen LogP contribution is 2.37. The summed E-state index contributed by atoms with van der Waals surface area (Å²) in [5.41, 5.74) is 13.2. The molecule has 1 aromatic heterocycles. The number of nitrogens with one attached hydrogen (secondary N) is 1. The molecule has 0 fully saturated rings. The van der Waals surface area contributed by atoms with Crippen LogP contribution in [0.4, 0.5) is 17.3 Å². The van der Waals surface area contributed by atoms with E-state index in [9.17, 15) is 0 Å². The Labute approximate surface area is 187 Å². The van der Waals surface area contributed by atoms with Gasteiger partial charge in [0.15, 0.2) is 0 Å². The molecule has 4 aromatic rings. The highest BCUT2D eigenvalue weighted by Gasteiger charge is 2.13. The lowest BCUT2D eigenvalue weighted by molar-refractivity contribution is 1.33. The molecule has 3 aromatic carbocycles. The zero-order chi connectivity index (χ0) is 22.7. The van der Waals surface area contributed by atoms with Crippen molar-refractivity contribution < 1.29 is 0 Å². The first-order chi connectivity index (χ1) is 15.5. The number of hydrogen-bond donors (Lipinski definition) is 2. The summed E-state index contributed by atoms with van der Waals surface area (Å²) in [5, 5.41) is 23.0. The van der Waals surface area contributed by atoms with E-state index in [-0.39, 0.29) is 0 Å². The fourth-order valence-corrected chi connectivity index (χ4v) is 4.01. The number of nitrogen functional groups attached to an aromatic ring is 1. The van der Waals surface area contributed by atoms with E-state index in [1.165, 1.54) is 6.08 Å². The molecular weight excluding hydrogens is 394 g/mol. The van der Waals surface area contributed by atoms with Crippen molar-refractivity contribution in [1.29, 1.82) is 10.5 Å². The molecule has 0 aliphatic carbocycles. The van der Waals surface area contributed by atoms with Crippen molar-refractivity contribution >= 4 is 34.2 Å². The largest absolute Gasteiger partial charge is 0.383 e. The summed E-state index contributed by atoms with van der Waals surface area (Å²) in [6, 6.07) is 23.6. The first-order valence-corrected chi connectivity index (χ1v) is 10.1. The number of aryl methyl sites for hydroxylation is 2. The highest BCUT2D eigenvalue weighted by atomic mass is 15.0. The van der Waals surface area contributed by atoms with Gasteiger partial charge in [-0.2, -0.15) is 10.5 Å². The Balaban J connectivity index is 1.83. The van der Waals surface area contributed by atoms with E-state index in [1.54, 1.807) is 12.1 Å². The van der Waals surface area contributed by atoms with Crippen molar-refractivity contribution in [2.45, 2.75) is 13.8 Å². The lowest BCUT2D eigenvalue weighted by atomic mass is 9.90. The Morgan fingerprint density at radius 2 is 1.66 bits per heavy atom. The van der Waals surface area contributed by atoms with Crippen LogP contribution in [0.15, 0.2) is 66.7 Å². The number of nitriles is 2. The van der Waals surface area contributed by atoms with E-state index < -0.39 is 0 Å². The maximum atomic E-state index is 9.00. The number of pyridine rings is 1. The van der Waals surface area contributed by atoms with E-state index in [0.717, 1.165) is 44.3 Å². The predicted octanol–water partition coefficient (Wildman–Crippen LogP) is 6.25. The first-order valence-electron chi connectivity index (χ1n) is 10.1. The quantitative estimate of drug-likeness (QED) is 0.384. The number of anilines is 3. The van der Waals surface area contributed by atoms with Gasteiger partial charge in [0.05, 0.1) is 17.7 Å². The minimum Gasteiger partial charge on any atom is -0.383 e. The molecule has 0 spiro atoms. The summed E-state index contributed by atoms with van der Waals surface area (Å²) in [5.74, 6) is 1.08. The summed E-state index contributed by atoms with van der Waals surface area (Å²) in [7, 11) is 0. The van der Waals surface area contributed by atoms with Gasteiger partial charge in [-0.3, -0.25) is 0 Å². The number of allylic oxidation sites excluding steroid dienone is 1. The molecule has 0 unspecified atom stereocenters. The van der Waals surface area contributed by atoms with Gasteiger partial charge >= 0.3 is 0 Å². The molecule has 0 atom stereocenters. The normalized spacial score (nSPS) is 10.8. The Bertz CT molecular complexity index is 1410. The molecule has 32 heavy (non-hydrogen) atoms. The fourth-order valence-electron chi connectivity index (χ4n) is 4.01. The van der Waals surface area contributed by atoms with Crippen molar-refractivity contribution in [3.8, 4) is 23.3 Å². The van der Waals surface area contributed by atoms with Crippen molar-refractivity contribution in [3.63, 3.8) is 0 Å². The van der Waals surface area contributed by atoms with Crippen LogP contribution in [0.1, 0.15) is 22.3 Å². The summed E-state index contributed by atoms with van der Waals surface area (Å²) in [6.07, 6.45) is 3.30. The topological polar surface area (TPSA) is 98.5 Å². The SMILES string of the molecule is Cc1cc(/C=C/C#N)cc(C)c1-c1cccc2c(N)nc(Nc3ccc(C#N)cc3)cc12.